The van der Waals surface area contributed by atoms with Gasteiger partial charge in [0.15, 0.2) is 0 Å². The number of nitrogens with one attached hydrogen (secondary N) is 1. The Bertz CT molecular complexity index is 487. The number of rotatable bonds is 8. The fourth-order valence-electron chi connectivity index (χ4n) is 2.25. The van der Waals surface area contributed by atoms with E-state index in [-0.39, 0.29) is 24.2 Å². The van der Waals surface area contributed by atoms with Crippen LogP contribution in [-0.2, 0) is 4.79 Å². The van der Waals surface area contributed by atoms with Crippen LogP contribution in [0.1, 0.15) is 38.8 Å². The number of benzene rings is 1. The number of carbonyl (C=O) groups excluding carboxylic acids is 1. The molecule has 21 heavy (non-hydrogen) atoms. The predicted molar refractivity (Wildman–Crippen MR) is 82.1 cm³/mol. The molecule has 0 spiro atoms. The molecule has 1 aromatic carbocycles. The minimum Gasteiger partial charge on any atom is -0.342 e. The molecule has 0 heterocycles. The Labute approximate surface area is 125 Å². The minimum absolute atomic E-state index is 0.0453. The number of carbonyl (C=O) groups is 1. The van der Waals surface area contributed by atoms with Crippen LogP contribution >= 0.6 is 0 Å². The van der Waals surface area contributed by atoms with E-state index in [2.05, 4.69) is 5.32 Å². The van der Waals surface area contributed by atoms with Gasteiger partial charge in [0.25, 0.3) is 5.69 Å². The Hall–Kier alpha value is -1.95. The summed E-state index contributed by atoms with van der Waals surface area (Å²) in [5, 5.41) is 14.0. The molecule has 0 bridgehead atoms. The Balaban J connectivity index is 2.73. The van der Waals surface area contributed by atoms with Crippen molar-refractivity contribution in [1.82, 2.24) is 10.2 Å². The molecule has 0 saturated heterocycles. The minimum atomic E-state index is -0.405. The Morgan fingerprint density at radius 2 is 2.00 bits per heavy atom. The van der Waals surface area contributed by atoms with E-state index in [9.17, 15) is 14.9 Å². The van der Waals surface area contributed by atoms with Crippen LogP contribution in [0.2, 0.25) is 0 Å². The summed E-state index contributed by atoms with van der Waals surface area (Å²) in [6, 6.07) is 6.48. The highest BCUT2D eigenvalue weighted by molar-refractivity contribution is 5.78. The smallest absolute Gasteiger partial charge is 0.269 e. The summed E-state index contributed by atoms with van der Waals surface area (Å²) in [6.07, 6.45) is 0.757. The first kappa shape index (κ1) is 17.1. The van der Waals surface area contributed by atoms with Crippen LogP contribution in [-0.4, -0.2) is 35.4 Å². The predicted octanol–water partition coefficient (Wildman–Crippen LogP) is 2.50. The van der Waals surface area contributed by atoms with E-state index < -0.39 is 4.92 Å². The first-order valence-electron chi connectivity index (χ1n) is 7.28. The van der Waals surface area contributed by atoms with Gasteiger partial charge in [0, 0.05) is 31.3 Å². The number of likely N-dealkylation sites (N-methyl/N-ethyl adjacent to an activating group) is 1. The van der Waals surface area contributed by atoms with Gasteiger partial charge in [-0.1, -0.05) is 19.1 Å². The third-order valence-electron chi connectivity index (χ3n) is 3.51. The molecule has 0 saturated carbocycles. The third-order valence-corrected chi connectivity index (χ3v) is 3.51. The average molecular weight is 293 g/mol. The molecule has 6 nitrogen and oxygen atoms in total. The maximum absolute atomic E-state index is 12.0. The molecule has 1 rings (SSSR count). The monoisotopic (exact) mass is 293 g/mol. The fraction of sp³-hybridized carbons (Fsp3) is 0.533. The maximum Gasteiger partial charge on any atom is 0.269 e. The number of nitrogens with zero attached hydrogens (tertiary/aromatic N) is 2. The summed E-state index contributed by atoms with van der Waals surface area (Å²) in [7, 11) is 0. The van der Waals surface area contributed by atoms with Crippen molar-refractivity contribution in [3.63, 3.8) is 0 Å². The van der Waals surface area contributed by atoms with E-state index >= 15 is 0 Å². The molecule has 0 aliphatic carbocycles. The van der Waals surface area contributed by atoms with E-state index in [0.29, 0.717) is 13.1 Å². The molecule has 1 N–H and O–H groups in total. The van der Waals surface area contributed by atoms with Gasteiger partial charge in [-0.25, -0.2) is 0 Å². The molecule has 0 radical (unpaired) electrons. The molecule has 6 heteroatoms. The van der Waals surface area contributed by atoms with Gasteiger partial charge in [-0.2, -0.15) is 0 Å². The highest BCUT2D eigenvalue weighted by atomic mass is 16.6. The zero-order valence-electron chi connectivity index (χ0n) is 12.8. The molecule has 0 aromatic heterocycles. The largest absolute Gasteiger partial charge is 0.342 e. The van der Waals surface area contributed by atoms with Crippen LogP contribution in [0.15, 0.2) is 24.3 Å². The second-order valence-corrected chi connectivity index (χ2v) is 4.76. The van der Waals surface area contributed by atoms with Gasteiger partial charge < -0.3 is 10.2 Å². The zero-order valence-corrected chi connectivity index (χ0v) is 12.8. The maximum atomic E-state index is 12.0. The van der Waals surface area contributed by atoms with Crippen molar-refractivity contribution in [3.05, 3.63) is 39.9 Å². The summed E-state index contributed by atoms with van der Waals surface area (Å²) in [4.78, 5) is 24.2. The molecule has 0 aliphatic heterocycles. The summed E-state index contributed by atoms with van der Waals surface area (Å²) >= 11 is 0. The molecule has 116 valence electrons. The number of nitro groups is 1. The first-order chi connectivity index (χ1) is 10.0. The van der Waals surface area contributed by atoms with Crippen LogP contribution in [0.5, 0.6) is 0 Å². The lowest BCUT2D eigenvalue weighted by molar-refractivity contribution is -0.384. The molecular weight excluding hydrogens is 270 g/mol. The lowest BCUT2D eigenvalue weighted by Gasteiger charge is -2.22. The van der Waals surface area contributed by atoms with E-state index in [1.54, 1.807) is 17.0 Å². The van der Waals surface area contributed by atoms with Gasteiger partial charge in [0.2, 0.25) is 5.91 Å². The quantitative estimate of drug-likeness (QED) is 0.590. The van der Waals surface area contributed by atoms with Gasteiger partial charge >= 0.3 is 0 Å². The molecule has 1 unspecified atom stereocenters. The number of non-ortho nitro benzene ring substituents is 1. The van der Waals surface area contributed by atoms with Crippen LogP contribution in [0.4, 0.5) is 5.69 Å². The van der Waals surface area contributed by atoms with Gasteiger partial charge in [0.1, 0.15) is 0 Å². The first-order valence-corrected chi connectivity index (χ1v) is 7.28. The van der Waals surface area contributed by atoms with E-state index in [0.717, 1.165) is 12.0 Å². The fourth-order valence-corrected chi connectivity index (χ4v) is 2.25. The Kier molecular flexibility index (Phi) is 6.81. The topological polar surface area (TPSA) is 75.5 Å². The van der Waals surface area contributed by atoms with Crippen LogP contribution < -0.4 is 5.32 Å². The van der Waals surface area contributed by atoms with Gasteiger partial charge in [-0.05, 0) is 25.8 Å². The van der Waals surface area contributed by atoms with Crippen molar-refractivity contribution >= 4 is 11.6 Å². The molecular formula is C15H23N3O3. The van der Waals surface area contributed by atoms with Crippen LogP contribution in [0.25, 0.3) is 0 Å². The second-order valence-electron chi connectivity index (χ2n) is 4.76. The highest BCUT2D eigenvalue weighted by Crippen LogP contribution is 2.21. The van der Waals surface area contributed by atoms with Crippen molar-refractivity contribution in [2.24, 2.45) is 0 Å². The molecule has 0 fully saturated rings. The van der Waals surface area contributed by atoms with Crippen LogP contribution in [0, 0.1) is 10.1 Å². The van der Waals surface area contributed by atoms with Gasteiger partial charge in [-0.15, -0.1) is 0 Å². The molecule has 1 atom stereocenters. The summed E-state index contributed by atoms with van der Waals surface area (Å²) in [6.45, 7) is 7.48. The van der Waals surface area contributed by atoms with E-state index in [1.165, 1.54) is 6.07 Å². The summed E-state index contributed by atoms with van der Waals surface area (Å²) in [5.74, 6) is 0.0453. The summed E-state index contributed by atoms with van der Waals surface area (Å²) < 4.78 is 0. The zero-order chi connectivity index (χ0) is 15.8. The van der Waals surface area contributed by atoms with Crippen molar-refractivity contribution in [2.45, 2.75) is 33.2 Å². The molecule has 1 amide bonds. The van der Waals surface area contributed by atoms with Crippen molar-refractivity contribution in [3.8, 4) is 0 Å². The number of hydrogen-bond acceptors (Lipinski definition) is 4. The third kappa shape index (κ3) is 4.82. The van der Waals surface area contributed by atoms with Gasteiger partial charge in [-0.3, -0.25) is 14.9 Å². The van der Waals surface area contributed by atoms with Crippen LogP contribution in [0.3, 0.4) is 0 Å². The molecule has 0 aliphatic rings. The lowest BCUT2D eigenvalue weighted by atomic mass is 10.0. The Morgan fingerprint density at radius 3 is 2.52 bits per heavy atom. The number of hydrogen-bond donors (Lipinski definition) is 1. The van der Waals surface area contributed by atoms with E-state index in [1.807, 2.05) is 26.8 Å². The van der Waals surface area contributed by atoms with Crippen molar-refractivity contribution in [2.75, 3.05) is 19.6 Å². The van der Waals surface area contributed by atoms with Crippen molar-refractivity contribution in [1.29, 1.82) is 0 Å². The Morgan fingerprint density at radius 1 is 1.33 bits per heavy atom. The highest BCUT2D eigenvalue weighted by Gasteiger charge is 2.16. The lowest BCUT2D eigenvalue weighted by Crippen LogP contribution is -2.39. The van der Waals surface area contributed by atoms with E-state index in [4.69, 9.17) is 0 Å². The summed E-state index contributed by atoms with van der Waals surface area (Å²) in [5.41, 5.74) is 0.905. The SMILES string of the molecule is CCC(NCC(=O)N(CC)CC)c1cccc([N+](=O)[O-])c1. The van der Waals surface area contributed by atoms with Gasteiger partial charge in [0.05, 0.1) is 11.5 Å². The normalized spacial score (nSPS) is 12.0. The van der Waals surface area contributed by atoms with Crippen molar-refractivity contribution < 1.29 is 9.72 Å². The number of nitro benzene ring substituents is 1. The average Bonchev–Trinajstić information content (AvgIpc) is 2.49. The second kappa shape index (κ2) is 8.36. The number of amides is 1. The standard InChI is InChI=1S/C15H23N3O3/c1-4-14(16-11-15(19)17(5-2)6-3)12-8-7-9-13(10-12)18(20)21/h7-10,14,16H,4-6,11H2,1-3H3. The molecule has 1 aromatic rings.